The summed E-state index contributed by atoms with van der Waals surface area (Å²) in [6.45, 7) is 1.28. The number of fused-ring (bicyclic) bond motifs is 1. The number of hydrogen-bond acceptors (Lipinski definition) is 7. The minimum absolute atomic E-state index is 0.0689. The third-order valence-corrected chi connectivity index (χ3v) is 5.63. The van der Waals surface area contributed by atoms with Crippen molar-refractivity contribution >= 4 is 34.3 Å². The monoisotopic (exact) mass is 391 g/mol. The van der Waals surface area contributed by atoms with E-state index >= 15 is 0 Å². The molecule has 2 amide bonds. The second-order valence-corrected chi connectivity index (χ2v) is 7.63. The third-order valence-electron chi connectivity index (χ3n) is 5.63. The van der Waals surface area contributed by atoms with E-state index in [1.165, 1.54) is 0 Å². The molecule has 148 valence electrons. The van der Waals surface area contributed by atoms with Gasteiger partial charge in [-0.25, -0.2) is 9.78 Å². The topological polar surface area (TPSA) is 116 Å². The Bertz CT molecular complexity index is 1160. The molecular formula is C20H21N7O2. The van der Waals surface area contributed by atoms with Gasteiger partial charge >= 0.3 is 6.03 Å². The second kappa shape index (κ2) is 6.20. The Labute approximate surface area is 166 Å². The van der Waals surface area contributed by atoms with Crippen LogP contribution in [0.4, 0.5) is 22.2 Å². The van der Waals surface area contributed by atoms with E-state index in [1.807, 2.05) is 18.2 Å². The number of carbonyl (C=O) groups excluding carboxylic acids is 1. The Morgan fingerprint density at radius 1 is 1.21 bits per heavy atom. The molecule has 0 spiro atoms. The van der Waals surface area contributed by atoms with E-state index in [-0.39, 0.29) is 11.5 Å². The van der Waals surface area contributed by atoms with Crippen LogP contribution in [0.25, 0.3) is 10.8 Å². The second-order valence-electron chi connectivity index (χ2n) is 7.63. The first-order valence-corrected chi connectivity index (χ1v) is 9.52. The van der Waals surface area contributed by atoms with Crippen molar-refractivity contribution in [3.05, 3.63) is 52.6 Å². The summed E-state index contributed by atoms with van der Waals surface area (Å²) in [5.41, 5.74) is 7.49. The summed E-state index contributed by atoms with van der Waals surface area (Å²) in [6, 6.07) is 7.15. The van der Waals surface area contributed by atoms with Crippen LogP contribution in [0.1, 0.15) is 12.8 Å². The van der Waals surface area contributed by atoms with Gasteiger partial charge in [-0.05, 0) is 37.1 Å². The van der Waals surface area contributed by atoms with E-state index in [2.05, 4.69) is 20.6 Å². The maximum Gasteiger partial charge on any atom is 0.325 e. The van der Waals surface area contributed by atoms with Crippen LogP contribution in [0.15, 0.2) is 47.2 Å². The molecular weight excluding hydrogens is 370 g/mol. The van der Waals surface area contributed by atoms with Crippen molar-refractivity contribution in [1.82, 2.24) is 14.9 Å². The number of aromatic nitrogens is 2. The molecule has 4 N–H and O–H groups in total. The van der Waals surface area contributed by atoms with Gasteiger partial charge in [0.05, 0.1) is 11.2 Å². The van der Waals surface area contributed by atoms with Gasteiger partial charge in [0.25, 0.3) is 0 Å². The van der Waals surface area contributed by atoms with Gasteiger partial charge in [-0.2, -0.15) is 4.98 Å². The van der Waals surface area contributed by atoms with Gasteiger partial charge in [0.15, 0.2) is 5.43 Å². The van der Waals surface area contributed by atoms with Gasteiger partial charge in [0.1, 0.15) is 5.82 Å². The van der Waals surface area contributed by atoms with Crippen molar-refractivity contribution in [2.45, 2.75) is 18.4 Å². The first kappa shape index (κ1) is 17.5. The molecule has 5 rings (SSSR count). The van der Waals surface area contributed by atoms with E-state index in [1.54, 1.807) is 35.3 Å². The summed E-state index contributed by atoms with van der Waals surface area (Å²) in [5.74, 6) is 1.01. The Morgan fingerprint density at radius 3 is 2.72 bits per heavy atom. The van der Waals surface area contributed by atoms with Crippen LogP contribution >= 0.6 is 0 Å². The SMILES string of the molecule is CN1CCN(c2ccnc(NC3(/C(N)=C/Nc4ccc5c(=O)c5c4)CC3)n2)C1=O. The van der Waals surface area contributed by atoms with Crippen molar-refractivity contribution in [2.24, 2.45) is 5.73 Å². The zero-order chi connectivity index (χ0) is 20.2. The summed E-state index contributed by atoms with van der Waals surface area (Å²) in [6.07, 6.45) is 5.11. The molecule has 2 aliphatic rings. The fourth-order valence-electron chi connectivity index (χ4n) is 3.52. The maximum absolute atomic E-state index is 12.2. The summed E-state index contributed by atoms with van der Waals surface area (Å²) >= 11 is 0. The standard InChI is InChI=1S/C20H21N7O2/c1-26-8-9-27(19(26)29)16-4-7-22-18(24-16)25-20(5-6-20)15(21)11-23-12-2-3-13-14(10-12)17(13)28/h2-4,7,10-11,23H,5-6,8-9,21H2,1H3,(H,22,24,25)/b15-11-. The molecule has 9 heteroatoms. The van der Waals surface area contributed by atoms with Gasteiger partial charge < -0.3 is 21.3 Å². The molecule has 3 aromatic rings. The molecule has 0 radical (unpaired) electrons. The van der Waals surface area contributed by atoms with Gasteiger partial charge in [-0.1, -0.05) is 0 Å². The van der Waals surface area contributed by atoms with Crippen molar-refractivity contribution < 1.29 is 4.79 Å². The molecule has 0 unspecified atom stereocenters. The molecule has 1 saturated heterocycles. The quantitative estimate of drug-likeness (QED) is 0.584. The van der Waals surface area contributed by atoms with Crippen LogP contribution in [-0.2, 0) is 0 Å². The van der Waals surface area contributed by atoms with Crippen molar-refractivity contribution in [2.75, 3.05) is 35.7 Å². The minimum Gasteiger partial charge on any atom is -0.399 e. The fraction of sp³-hybridized carbons (Fsp3) is 0.300. The van der Waals surface area contributed by atoms with Crippen LogP contribution in [0.2, 0.25) is 0 Å². The van der Waals surface area contributed by atoms with Crippen LogP contribution in [0.5, 0.6) is 0 Å². The van der Waals surface area contributed by atoms with Crippen molar-refractivity contribution in [1.29, 1.82) is 0 Å². The maximum atomic E-state index is 12.2. The normalized spacial score (nSPS) is 18.7. The molecule has 1 aliphatic heterocycles. The Hall–Kier alpha value is -3.62. The van der Waals surface area contributed by atoms with E-state index in [4.69, 9.17) is 5.73 Å². The van der Waals surface area contributed by atoms with Crippen LogP contribution in [0, 0.1) is 0 Å². The molecule has 1 aliphatic carbocycles. The van der Waals surface area contributed by atoms with E-state index in [0.717, 1.165) is 29.3 Å². The average molecular weight is 391 g/mol. The number of nitrogens with two attached hydrogens (primary N) is 1. The number of rotatable bonds is 6. The Morgan fingerprint density at radius 2 is 2.03 bits per heavy atom. The molecule has 9 nitrogen and oxygen atoms in total. The highest BCUT2D eigenvalue weighted by atomic mass is 16.2. The van der Waals surface area contributed by atoms with E-state index < -0.39 is 5.54 Å². The molecule has 2 fully saturated rings. The van der Waals surface area contributed by atoms with Crippen LogP contribution in [-0.4, -0.2) is 46.6 Å². The van der Waals surface area contributed by atoms with Crippen molar-refractivity contribution in [3.63, 3.8) is 0 Å². The number of carbonyl (C=O) groups is 1. The summed E-state index contributed by atoms with van der Waals surface area (Å²) in [7, 11) is 1.77. The Balaban J connectivity index is 1.30. The summed E-state index contributed by atoms with van der Waals surface area (Å²) in [5, 5.41) is 8.02. The van der Waals surface area contributed by atoms with Gasteiger partial charge in [-0.3, -0.25) is 9.69 Å². The predicted molar refractivity (Wildman–Crippen MR) is 111 cm³/mol. The number of nitrogens with one attached hydrogen (secondary N) is 2. The highest BCUT2D eigenvalue weighted by Gasteiger charge is 2.46. The number of nitrogens with zero attached hydrogens (tertiary/aromatic N) is 4. The average Bonchev–Trinajstić information content (AvgIpc) is 3.61. The number of amides is 2. The number of urea groups is 1. The predicted octanol–water partition coefficient (Wildman–Crippen LogP) is 1.59. The lowest BCUT2D eigenvalue weighted by molar-refractivity contribution is 0.229. The van der Waals surface area contributed by atoms with Crippen LogP contribution in [0.3, 0.4) is 0 Å². The lowest BCUT2D eigenvalue weighted by Crippen LogP contribution is -2.32. The molecule has 0 bridgehead atoms. The van der Waals surface area contributed by atoms with Gasteiger partial charge in [0, 0.05) is 49.0 Å². The minimum atomic E-state index is -0.407. The molecule has 0 atom stereocenters. The number of anilines is 3. The number of likely N-dealkylation sites (N-methyl/N-ethyl adjacent to an activating group) is 1. The highest BCUT2D eigenvalue weighted by Crippen LogP contribution is 2.42. The smallest absolute Gasteiger partial charge is 0.325 e. The fourth-order valence-corrected chi connectivity index (χ4v) is 3.52. The zero-order valence-electron chi connectivity index (χ0n) is 16.0. The summed E-state index contributed by atoms with van der Waals surface area (Å²) < 4.78 is 0. The van der Waals surface area contributed by atoms with Gasteiger partial charge in [-0.15, -0.1) is 0 Å². The largest absolute Gasteiger partial charge is 0.399 e. The number of hydrogen-bond donors (Lipinski definition) is 3. The molecule has 2 heterocycles. The van der Waals surface area contributed by atoms with E-state index in [9.17, 15) is 9.59 Å². The zero-order valence-corrected chi connectivity index (χ0v) is 16.0. The van der Waals surface area contributed by atoms with Crippen molar-refractivity contribution in [3.8, 4) is 0 Å². The lowest BCUT2D eigenvalue weighted by atomic mass is 10.2. The molecule has 2 aromatic carbocycles. The lowest BCUT2D eigenvalue weighted by Gasteiger charge is -2.20. The first-order valence-electron chi connectivity index (χ1n) is 9.52. The number of benzene rings is 1. The van der Waals surface area contributed by atoms with Gasteiger partial charge in [0.2, 0.25) is 5.95 Å². The molecule has 1 saturated carbocycles. The van der Waals surface area contributed by atoms with Crippen LogP contribution < -0.4 is 26.7 Å². The third kappa shape index (κ3) is 3.04. The Kier molecular flexibility index (Phi) is 3.73. The summed E-state index contributed by atoms with van der Waals surface area (Å²) in [4.78, 5) is 35.7. The molecule has 1 aromatic heterocycles. The molecule has 29 heavy (non-hydrogen) atoms. The highest BCUT2D eigenvalue weighted by molar-refractivity contribution is 5.99. The van der Waals surface area contributed by atoms with E-state index in [0.29, 0.717) is 30.6 Å². The first-order chi connectivity index (χ1) is 14.0.